The summed E-state index contributed by atoms with van der Waals surface area (Å²) in [4.78, 5) is 0. The number of fused-ring (bicyclic) bond motifs is 1. The van der Waals surface area contributed by atoms with Crippen LogP contribution in [0.2, 0.25) is 0 Å². The van der Waals surface area contributed by atoms with Crippen LogP contribution in [0, 0.1) is 5.82 Å². The molecular formula is C12H11FO2. The van der Waals surface area contributed by atoms with Crippen molar-refractivity contribution < 1.29 is 14.6 Å². The van der Waals surface area contributed by atoms with Gasteiger partial charge in [-0.15, -0.1) is 0 Å². The Bertz CT molecular complexity index is 521. The molecule has 2 aromatic rings. The van der Waals surface area contributed by atoms with E-state index >= 15 is 0 Å². The summed E-state index contributed by atoms with van der Waals surface area (Å²) in [5.74, 6) is -0.491. The Morgan fingerprint density at radius 2 is 1.87 bits per heavy atom. The summed E-state index contributed by atoms with van der Waals surface area (Å²) in [6.07, 6.45) is 0.549. The third-order valence-electron chi connectivity index (χ3n) is 2.51. The van der Waals surface area contributed by atoms with E-state index < -0.39 is 5.82 Å². The van der Waals surface area contributed by atoms with Crippen LogP contribution in [0.3, 0.4) is 0 Å². The molecule has 0 atom stereocenters. The van der Waals surface area contributed by atoms with Crippen LogP contribution in [0.5, 0.6) is 11.5 Å². The van der Waals surface area contributed by atoms with Crippen LogP contribution >= 0.6 is 0 Å². The lowest BCUT2D eigenvalue weighted by Crippen LogP contribution is -1.90. The predicted octanol–water partition coefficient (Wildman–Crippen LogP) is 2.95. The van der Waals surface area contributed by atoms with Crippen molar-refractivity contribution in [1.82, 2.24) is 0 Å². The van der Waals surface area contributed by atoms with Gasteiger partial charge in [0, 0.05) is 11.5 Å². The monoisotopic (exact) mass is 206 g/mol. The third kappa shape index (κ3) is 1.50. The van der Waals surface area contributed by atoms with Gasteiger partial charge in [0.15, 0.2) is 0 Å². The molecule has 0 aliphatic rings. The molecule has 0 amide bonds. The fourth-order valence-corrected chi connectivity index (χ4v) is 1.78. The van der Waals surface area contributed by atoms with Gasteiger partial charge in [-0.25, -0.2) is 4.39 Å². The Kier molecular flexibility index (Phi) is 2.23. The molecule has 2 aromatic carbocycles. The fourth-order valence-electron chi connectivity index (χ4n) is 1.78. The zero-order valence-electron chi connectivity index (χ0n) is 8.29. The summed E-state index contributed by atoms with van der Waals surface area (Å²) in [5, 5.41) is 20.0. The lowest BCUT2D eigenvalue weighted by molar-refractivity contribution is 0.468. The standard InChI is InChI=1S/C12H11FO2/c1-2-8-9-4-3-7(14)5-10(9)12(15)6-11(8)13/h3-6,14-15H,2H2,1H3. The van der Waals surface area contributed by atoms with Gasteiger partial charge in [-0.1, -0.05) is 13.0 Å². The summed E-state index contributed by atoms with van der Waals surface area (Å²) in [7, 11) is 0. The Labute approximate surface area is 86.6 Å². The second-order valence-electron chi connectivity index (χ2n) is 3.44. The van der Waals surface area contributed by atoms with E-state index in [4.69, 9.17) is 0 Å². The maximum atomic E-state index is 13.5. The number of aryl methyl sites for hydroxylation is 1. The van der Waals surface area contributed by atoms with Crippen molar-refractivity contribution >= 4 is 10.8 Å². The number of hydrogen-bond donors (Lipinski definition) is 2. The second-order valence-corrected chi connectivity index (χ2v) is 3.44. The second kappa shape index (κ2) is 3.42. The van der Waals surface area contributed by atoms with Crippen LogP contribution in [-0.2, 0) is 6.42 Å². The van der Waals surface area contributed by atoms with Gasteiger partial charge in [0.1, 0.15) is 17.3 Å². The quantitative estimate of drug-likeness (QED) is 0.753. The van der Waals surface area contributed by atoms with Crippen molar-refractivity contribution in [2.75, 3.05) is 0 Å². The third-order valence-corrected chi connectivity index (χ3v) is 2.51. The predicted molar refractivity (Wildman–Crippen MR) is 56.6 cm³/mol. The highest BCUT2D eigenvalue weighted by Gasteiger charge is 2.10. The largest absolute Gasteiger partial charge is 0.508 e. The zero-order valence-corrected chi connectivity index (χ0v) is 8.29. The topological polar surface area (TPSA) is 40.5 Å². The van der Waals surface area contributed by atoms with Gasteiger partial charge < -0.3 is 10.2 Å². The zero-order chi connectivity index (χ0) is 11.0. The number of phenols is 2. The Hall–Kier alpha value is -1.77. The number of aromatic hydroxyl groups is 2. The first kappa shape index (κ1) is 9.77. The van der Waals surface area contributed by atoms with E-state index in [0.29, 0.717) is 22.8 Å². The molecule has 0 unspecified atom stereocenters. The highest BCUT2D eigenvalue weighted by molar-refractivity contribution is 5.92. The molecular weight excluding hydrogens is 195 g/mol. The molecule has 0 saturated heterocycles. The van der Waals surface area contributed by atoms with Gasteiger partial charge in [-0.05, 0) is 29.5 Å². The SMILES string of the molecule is CCc1c(F)cc(O)c2cc(O)ccc12. The summed E-state index contributed by atoms with van der Waals surface area (Å²) in [6.45, 7) is 1.85. The molecule has 78 valence electrons. The lowest BCUT2D eigenvalue weighted by atomic mass is 10.0. The molecule has 0 bridgehead atoms. The van der Waals surface area contributed by atoms with Crippen molar-refractivity contribution in [3.63, 3.8) is 0 Å². The van der Waals surface area contributed by atoms with Gasteiger partial charge in [0.05, 0.1) is 0 Å². The van der Waals surface area contributed by atoms with Crippen molar-refractivity contribution in [2.45, 2.75) is 13.3 Å². The van der Waals surface area contributed by atoms with Crippen LogP contribution in [0.25, 0.3) is 10.8 Å². The van der Waals surface area contributed by atoms with Crippen molar-refractivity contribution in [3.05, 3.63) is 35.6 Å². The molecule has 2 rings (SSSR count). The smallest absolute Gasteiger partial charge is 0.130 e. The average Bonchev–Trinajstić information content (AvgIpc) is 2.19. The lowest BCUT2D eigenvalue weighted by Gasteiger charge is -2.08. The van der Waals surface area contributed by atoms with Crippen molar-refractivity contribution in [1.29, 1.82) is 0 Å². The summed E-state index contributed by atoms with van der Waals surface area (Å²) < 4.78 is 13.5. The molecule has 0 radical (unpaired) electrons. The minimum atomic E-state index is -0.409. The average molecular weight is 206 g/mol. The Morgan fingerprint density at radius 1 is 1.13 bits per heavy atom. The maximum absolute atomic E-state index is 13.5. The van der Waals surface area contributed by atoms with E-state index in [1.54, 1.807) is 6.07 Å². The summed E-state index contributed by atoms with van der Waals surface area (Å²) in [5.41, 5.74) is 0.558. The molecule has 3 heteroatoms. The first-order valence-electron chi connectivity index (χ1n) is 4.76. The van der Waals surface area contributed by atoms with Crippen molar-refractivity contribution in [2.24, 2.45) is 0 Å². The maximum Gasteiger partial charge on any atom is 0.130 e. The fraction of sp³-hybridized carbons (Fsp3) is 0.167. The molecule has 0 aliphatic heterocycles. The van der Waals surface area contributed by atoms with E-state index in [-0.39, 0.29) is 11.5 Å². The van der Waals surface area contributed by atoms with Gasteiger partial charge in [0.2, 0.25) is 0 Å². The normalized spacial score (nSPS) is 10.8. The van der Waals surface area contributed by atoms with Crippen molar-refractivity contribution in [3.8, 4) is 11.5 Å². The minimum absolute atomic E-state index is 0.0615. The highest BCUT2D eigenvalue weighted by Crippen LogP contribution is 2.32. The van der Waals surface area contributed by atoms with E-state index in [9.17, 15) is 14.6 Å². The van der Waals surface area contributed by atoms with E-state index in [0.717, 1.165) is 6.07 Å². The molecule has 0 aromatic heterocycles. The van der Waals surface area contributed by atoms with E-state index in [1.807, 2.05) is 6.92 Å². The Morgan fingerprint density at radius 3 is 2.53 bits per heavy atom. The van der Waals surface area contributed by atoms with Crippen LogP contribution in [0.1, 0.15) is 12.5 Å². The van der Waals surface area contributed by atoms with E-state index in [2.05, 4.69) is 0 Å². The van der Waals surface area contributed by atoms with Crippen LogP contribution in [0.4, 0.5) is 4.39 Å². The number of phenolic OH excluding ortho intramolecular Hbond substituents is 2. The Balaban J connectivity index is 2.90. The molecule has 0 aliphatic carbocycles. The number of hydrogen-bond acceptors (Lipinski definition) is 2. The molecule has 0 saturated carbocycles. The number of halogens is 1. The van der Waals surface area contributed by atoms with Gasteiger partial charge >= 0.3 is 0 Å². The summed E-state index contributed by atoms with van der Waals surface area (Å²) >= 11 is 0. The molecule has 0 heterocycles. The van der Waals surface area contributed by atoms with Gasteiger partial charge in [-0.3, -0.25) is 0 Å². The highest BCUT2D eigenvalue weighted by atomic mass is 19.1. The van der Waals surface area contributed by atoms with Crippen LogP contribution < -0.4 is 0 Å². The number of benzene rings is 2. The summed E-state index contributed by atoms with van der Waals surface area (Å²) in [6, 6.07) is 5.62. The molecule has 0 fully saturated rings. The first-order chi connectivity index (χ1) is 7.13. The van der Waals surface area contributed by atoms with Gasteiger partial charge in [-0.2, -0.15) is 0 Å². The molecule has 0 spiro atoms. The minimum Gasteiger partial charge on any atom is -0.508 e. The molecule has 15 heavy (non-hydrogen) atoms. The molecule has 2 N–H and O–H groups in total. The van der Waals surface area contributed by atoms with Gasteiger partial charge in [0.25, 0.3) is 0 Å². The number of rotatable bonds is 1. The van der Waals surface area contributed by atoms with E-state index in [1.165, 1.54) is 12.1 Å². The van der Waals surface area contributed by atoms with Crippen LogP contribution in [-0.4, -0.2) is 10.2 Å². The first-order valence-corrected chi connectivity index (χ1v) is 4.76. The molecule has 2 nitrogen and oxygen atoms in total. The van der Waals surface area contributed by atoms with Crippen LogP contribution in [0.15, 0.2) is 24.3 Å².